The van der Waals surface area contributed by atoms with Gasteiger partial charge in [0.15, 0.2) is 0 Å². The third-order valence-corrected chi connectivity index (χ3v) is 5.30. The van der Waals surface area contributed by atoms with Gasteiger partial charge < -0.3 is 11.1 Å². The van der Waals surface area contributed by atoms with Gasteiger partial charge in [0.2, 0.25) is 0 Å². The van der Waals surface area contributed by atoms with Gasteiger partial charge in [-0.15, -0.1) is 0 Å². The van der Waals surface area contributed by atoms with Gasteiger partial charge in [-0.05, 0) is 55.5 Å². The Kier molecular flexibility index (Phi) is 14.4. The van der Waals surface area contributed by atoms with Crippen LogP contribution in [0.1, 0.15) is 21.5 Å². The summed E-state index contributed by atoms with van der Waals surface area (Å²) in [5.74, 6) is -0.0909. The van der Waals surface area contributed by atoms with Gasteiger partial charge in [-0.25, -0.2) is 0 Å². The van der Waals surface area contributed by atoms with Gasteiger partial charge in [0.1, 0.15) is 0 Å². The minimum absolute atomic E-state index is 0.0909. The SMILES string of the molecule is Cc1cccc(C(=O)Nc2cccc(Br)c2)c1.FC(F)(F)c1ccccc1.Nc1cccc(Br)c1.O=C=O. The van der Waals surface area contributed by atoms with E-state index >= 15 is 0 Å². The molecular formula is C28H23Br2F3N2O3. The number of alkyl halides is 3. The lowest BCUT2D eigenvalue weighted by molar-refractivity contribution is -0.191. The predicted octanol–water partition coefficient (Wildman–Crippen LogP) is 8.16. The highest BCUT2D eigenvalue weighted by atomic mass is 79.9. The molecule has 0 aliphatic heterocycles. The van der Waals surface area contributed by atoms with E-state index in [0.717, 1.165) is 38.0 Å². The van der Waals surface area contributed by atoms with E-state index in [-0.39, 0.29) is 12.1 Å². The lowest BCUT2D eigenvalue weighted by Crippen LogP contribution is -2.11. The molecule has 4 aromatic carbocycles. The maximum Gasteiger partial charge on any atom is 0.416 e. The normalized spacial score (nSPS) is 9.63. The molecule has 0 saturated carbocycles. The molecule has 0 radical (unpaired) electrons. The molecule has 0 unspecified atom stereocenters. The molecule has 0 aliphatic carbocycles. The van der Waals surface area contributed by atoms with Crippen LogP contribution in [0.25, 0.3) is 0 Å². The van der Waals surface area contributed by atoms with Crippen LogP contribution >= 0.6 is 31.9 Å². The summed E-state index contributed by atoms with van der Waals surface area (Å²) >= 11 is 6.65. The molecule has 4 rings (SSSR count). The van der Waals surface area contributed by atoms with Crippen molar-refractivity contribution in [3.05, 3.63) is 129 Å². The first kappa shape index (κ1) is 32.3. The average molecular weight is 652 g/mol. The fourth-order valence-electron chi connectivity index (χ4n) is 2.69. The quantitative estimate of drug-likeness (QED) is 0.214. The molecule has 0 heterocycles. The number of amides is 1. The van der Waals surface area contributed by atoms with E-state index in [2.05, 4.69) is 37.2 Å². The second-order valence-electron chi connectivity index (χ2n) is 7.34. The van der Waals surface area contributed by atoms with Crippen molar-refractivity contribution < 1.29 is 27.6 Å². The average Bonchev–Trinajstić information content (AvgIpc) is 2.85. The number of aryl methyl sites for hydroxylation is 1. The third-order valence-electron chi connectivity index (χ3n) is 4.31. The van der Waals surface area contributed by atoms with E-state index in [1.165, 1.54) is 12.1 Å². The molecule has 0 spiro atoms. The number of hydrogen-bond acceptors (Lipinski definition) is 4. The van der Waals surface area contributed by atoms with Gasteiger partial charge in [0.25, 0.3) is 5.91 Å². The van der Waals surface area contributed by atoms with Crippen molar-refractivity contribution in [3.63, 3.8) is 0 Å². The molecular weight excluding hydrogens is 629 g/mol. The van der Waals surface area contributed by atoms with Crippen LogP contribution in [-0.4, -0.2) is 12.1 Å². The summed E-state index contributed by atoms with van der Waals surface area (Å²) in [6.07, 6.45) is -3.96. The summed E-state index contributed by atoms with van der Waals surface area (Å²) in [5, 5.41) is 2.86. The van der Waals surface area contributed by atoms with Crippen LogP contribution in [0.4, 0.5) is 24.5 Å². The Labute approximate surface area is 235 Å². The van der Waals surface area contributed by atoms with Crippen molar-refractivity contribution in [2.24, 2.45) is 0 Å². The molecule has 0 saturated heterocycles. The first-order chi connectivity index (χ1) is 18.0. The lowest BCUT2D eigenvalue weighted by atomic mass is 10.1. The lowest BCUT2D eigenvalue weighted by Gasteiger charge is -2.06. The maximum absolute atomic E-state index is 12.0. The van der Waals surface area contributed by atoms with Crippen molar-refractivity contribution in [3.8, 4) is 0 Å². The summed E-state index contributed by atoms with van der Waals surface area (Å²) in [7, 11) is 0. The second-order valence-corrected chi connectivity index (χ2v) is 9.17. The molecule has 198 valence electrons. The van der Waals surface area contributed by atoms with E-state index in [9.17, 15) is 18.0 Å². The number of halogens is 5. The Morgan fingerprint density at radius 3 is 1.79 bits per heavy atom. The fraction of sp³-hybridized carbons (Fsp3) is 0.0714. The highest BCUT2D eigenvalue weighted by Crippen LogP contribution is 2.28. The summed E-state index contributed by atoms with van der Waals surface area (Å²) in [4.78, 5) is 28.2. The largest absolute Gasteiger partial charge is 0.416 e. The van der Waals surface area contributed by atoms with E-state index in [1.54, 1.807) is 12.1 Å². The zero-order valence-corrected chi connectivity index (χ0v) is 23.2. The minimum atomic E-state index is -4.21. The van der Waals surface area contributed by atoms with Crippen molar-refractivity contribution in [2.45, 2.75) is 13.1 Å². The first-order valence-corrected chi connectivity index (χ1v) is 12.3. The Morgan fingerprint density at radius 2 is 1.34 bits per heavy atom. The number of carbonyl (C=O) groups is 1. The van der Waals surface area contributed by atoms with E-state index in [0.29, 0.717) is 5.56 Å². The Bertz CT molecular complexity index is 1310. The molecule has 3 N–H and O–H groups in total. The molecule has 38 heavy (non-hydrogen) atoms. The number of carbonyl (C=O) groups excluding carboxylic acids is 3. The van der Waals surface area contributed by atoms with Gasteiger partial charge >= 0.3 is 12.3 Å². The molecule has 0 bridgehead atoms. The van der Waals surface area contributed by atoms with Crippen LogP contribution in [-0.2, 0) is 15.8 Å². The Morgan fingerprint density at radius 1 is 0.789 bits per heavy atom. The predicted molar refractivity (Wildman–Crippen MR) is 148 cm³/mol. The standard InChI is InChI=1S/C14H12BrNO.C7H5F3.C6H6BrN.CO2/c1-10-4-2-5-11(8-10)14(17)16-13-7-3-6-12(15)9-13;8-7(9,10)6-4-2-1-3-5-6;7-5-2-1-3-6(8)4-5;2-1-3/h2-9H,1H3,(H,16,17);1-5H;1-4H,8H2;. The highest BCUT2D eigenvalue weighted by molar-refractivity contribution is 9.10. The summed E-state index contributed by atoms with van der Waals surface area (Å²) in [6, 6.07) is 29.0. The number of hydrogen-bond donors (Lipinski definition) is 2. The van der Waals surface area contributed by atoms with Gasteiger partial charge in [-0.1, -0.05) is 92.0 Å². The van der Waals surface area contributed by atoms with E-state index < -0.39 is 11.7 Å². The number of nitrogen functional groups attached to an aromatic ring is 1. The molecule has 0 fully saturated rings. The molecule has 0 aromatic heterocycles. The van der Waals surface area contributed by atoms with Crippen molar-refractivity contribution in [2.75, 3.05) is 11.1 Å². The molecule has 10 heteroatoms. The zero-order valence-electron chi connectivity index (χ0n) is 20.0. The van der Waals surface area contributed by atoms with Crippen LogP contribution in [0.5, 0.6) is 0 Å². The first-order valence-electron chi connectivity index (χ1n) is 10.7. The van der Waals surface area contributed by atoms with Gasteiger partial charge in [0, 0.05) is 25.9 Å². The van der Waals surface area contributed by atoms with Crippen molar-refractivity contribution in [1.29, 1.82) is 0 Å². The third kappa shape index (κ3) is 13.5. The fourth-order valence-corrected chi connectivity index (χ4v) is 3.51. The Balaban J connectivity index is 0.000000292. The number of nitrogens with one attached hydrogen (secondary N) is 1. The number of nitrogens with two attached hydrogens (primary N) is 1. The van der Waals surface area contributed by atoms with Crippen LogP contribution in [0.15, 0.2) is 112 Å². The van der Waals surface area contributed by atoms with Crippen LogP contribution < -0.4 is 11.1 Å². The molecule has 0 aliphatic rings. The smallest absolute Gasteiger partial charge is 0.399 e. The summed E-state index contributed by atoms with van der Waals surface area (Å²) < 4.78 is 37.3. The maximum atomic E-state index is 12.0. The number of benzene rings is 4. The number of anilines is 2. The summed E-state index contributed by atoms with van der Waals surface area (Å²) in [6.45, 7) is 1.97. The van der Waals surface area contributed by atoms with Crippen molar-refractivity contribution in [1.82, 2.24) is 0 Å². The van der Waals surface area contributed by atoms with Crippen LogP contribution in [0.2, 0.25) is 0 Å². The van der Waals surface area contributed by atoms with Gasteiger partial charge in [-0.3, -0.25) is 4.79 Å². The summed E-state index contributed by atoms with van der Waals surface area (Å²) in [5.41, 5.74) is 8.15. The van der Waals surface area contributed by atoms with Gasteiger partial charge in [-0.2, -0.15) is 22.8 Å². The van der Waals surface area contributed by atoms with Crippen LogP contribution in [0, 0.1) is 6.92 Å². The molecule has 1 amide bonds. The zero-order chi connectivity index (χ0) is 28.6. The molecule has 0 atom stereocenters. The number of rotatable bonds is 2. The van der Waals surface area contributed by atoms with Crippen LogP contribution in [0.3, 0.4) is 0 Å². The van der Waals surface area contributed by atoms with Crippen molar-refractivity contribution >= 4 is 55.3 Å². The topological polar surface area (TPSA) is 89.3 Å². The van der Waals surface area contributed by atoms with E-state index in [1.807, 2.05) is 73.7 Å². The Hall–Kier alpha value is -3.72. The highest BCUT2D eigenvalue weighted by Gasteiger charge is 2.29. The molecule has 4 aromatic rings. The minimum Gasteiger partial charge on any atom is -0.399 e. The molecule has 5 nitrogen and oxygen atoms in total. The van der Waals surface area contributed by atoms with E-state index in [4.69, 9.17) is 15.3 Å². The monoisotopic (exact) mass is 650 g/mol. The van der Waals surface area contributed by atoms with Gasteiger partial charge in [0.05, 0.1) is 5.56 Å². The second kappa shape index (κ2) is 16.9.